The summed E-state index contributed by atoms with van der Waals surface area (Å²) in [7, 11) is 1.44. The van der Waals surface area contributed by atoms with Gasteiger partial charge in [-0.1, -0.05) is 54.3 Å². The third-order valence-corrected chi connectivity index (χ3v) is 6.73. The summed E-state index contributed by atoms with van der Waals surface area (Å²) in [6, 6.07) is 11.3. The highest BCUT2D eigenvalue weighted by molar-refractivity contribution is 8.26. The van der Waals surface area contributed by atoms with E-state index in [0.29, 0.717) is 15.6 Å². The number of amides is 1. The minimum atomic E-state index is -0.672. The molecule has 1 aromatic heterocycles. The maximum absolute atomic E-state index is 13.0. The Kier molecular flexibility index (Phi) is 8.39. The summed E-state index contributed by atoms with van der Waals surface area (Å²) in [5.74, 6) is -1.13. The van der Waals surface area contributed by atoms with E-state index in [-0.39, 0.29) is 48.7 Å². The molecule has 0 atom stereocenters. The van der Waals surface area contributed by atoms with Gasteiger partial charge in [-0.25, -0.2) is 0 Å². The van der Waals surface area contributed by atoms with Crippen molar-refractivity contribution in [2.75, 3.05) is 20.3 Å². The molecular weight excluding hydrogens is 474 g/mol. The number of nitrogens with zero attached hydrogens (tertiary/aromatic N) is 3. The van der Waals surface area contributed by atoms with Gasteiger partial charge in [0.2, 0.25) is 5.88 Å². The van der Waals surface area contributed by atoms with E-state index in [1.807, 2.05) is 36.4 Å². The van der Waals surface area contributed by atoms with Crippen LogP contribution in [-0.4, -0.2) is 50.8 Å². The Balaban J connectivity index is 1.73. The second-order valence-corrected chi connectivity index (χ2v) is 9.21. The van der Waals surface area contributed by atoms with Gasteiger partial charge in [0.15, 0.2) is 5.78 Å². The molecule has 1 saturated heterocycles. The van der Waals surface area contributed by atoms with Crippen molar-refractivity contribution >= 4 is 46.1 Å². The van der Waals surface area contributed by atoms with Crippen LogP contribution >= 0.6 is 24.0 Å². The summed E-state index contributed by atoms with van der Waals surface area (Å²) in [5.41, 5.74) is 0.0943. The van der Waals surface area contributed by atoms with E-state index in [0.717, 1.165) is 10.1 Å². The number of thiocarbonyl (C=S) groups is 1. The van der Waals surface area contributed by atoms with Gasteiger partial charge in [0, 0.05) is 20.1 Å². The summed E-state index contributed by atoms with van der Waals surface area (Å²) >= 11 is 6.56. The fraction of sp³-hybridized carbons (Fsp3) is 0.292. The van der Waals surface area contributed by atoms with Crippen molar-refractivity contribution in [3.8, 4) is 11.9 Å². The molecule has 1 aromatic carbocycles. The zero-order valence-corrected chi connectivity index (χ0v) is 20.4. The normalized spacial score (nSPS) is 14.6. The van der Waals surface area contributed by atoms with Crippen LogP contribution in [0.1, 0.15) is 39.9 Å². The fourth-order valence-electron chi connectivity index (χ4n) is 3.59. The number of rotatable bonds is 9. The summed E-state index contributed by atoms with van der Waals surface area (Å²) in [4.78, 5) is 40.2. The standard InChI is InChI=1S/C24H23N3O5S2/c1-15-17(14-25)21(29)26(11-12-32-2)23(31)20(15)18(28)9-6-10-27-22(30)19(34-24(27)33)13-16-7-4-3-5-8-16/h3-5,7-8,13,31H,6,9-12H2,1-2H3/b19-13-. The average Bonchev–Trinajstić information content (AvgIpc) is 3.07. The van der Waals surface area contributed by atoms with E-state index in [1.54, 1.807) is 6.08 Å². The number of hydrogen-bond acceptors (Lipinski definition) is 8. The molecule has 10 heteroatoms. The number of thioether (sulfide) groups is 1. The van der Waals surface area contributed by atoms with Crippen molar-refractivity contribution in [3.05, 3.63) is 67.8 Å². The minimum Gasteiger partial charge on any atom is -0.494 e. The minimum absolute atomic E-state index is 0.000700. The van der Waals surface area contributed by atoms with Crippen LogP contribution in [0.3, 0.4) is 0 Å². The van der Waals surface area contributed by atoms with Crippen molar-refractivity contribution in [1.82, 2.24) is 9.47 Å². The smallest absolute Gasteiger partial charge is 0.271 e. The second-order valence-electron chi connectivity index (χ2n) is 7.53. The lowest BCUT2D eigenvalue weighted by Crippen LogP contribution is -2.30. The molecule has 2 heterocycles. The van der Waals surface area contributed by atoms with Gasteiger partial charge in [-0.15, -0.1) is 0 Å². The van der Waals surface area contributed by atoms with Crippen LogP contribution in [-0.2, 0) is 16.1 Å². The first kappa shape index (κ1) is 25.4. The van der Waals surface area contributed by atoms with Crippen molar-refractivity contribution < 1.29 is 19.4 Å². The first-order valence-electron chi connectivity index (χ1n) is 10.5. The molecule has 8 nitrogen and oxygen atoms in total. The van der Waals surface area contributed by atoms with Crippen LogP contribution in [0.15, 0.2) is 40.0 Å². The Bertz CT molecular complexity index is 1260. The monoisotopic (exact) mass is 497 g/mol. The number of aromatic nitrogens is 1. The van der Waals surface area contributed by atoms with Crippen LogP contribution in [0.2, 0.25) is 0 Å². The number of aromatic hydroxyl groups is 1. The Morgan fingerprint density at radius 2 is 1.97 bits per heavy atom. The molecule has 0 unspecified atom stereocenters. The van der Waals surface area contributed by atoms with E-state index >= 15 is 0 Å². The van der Waals surface area contributed by atoms with Crippen molar-refractivity contribution in [1.29, 1.82) is 5.26 Å². The number of ketones is 1. The SMILES string of the molecule is COCCn1c(O)c(C(=O)CCCN2C(=O)/C(=C/c3ccccc3)SC2=S)c(C)c(C#N)c1=O. The molecule has 1 aliphatic rings. The van der Waals surface area contributed by atoms with Crippen LogP contribution < -0.4 is 5.56 Å². The number of carbonyl (C=O) groups is 2. The molecule has 2 aromatic rings. The lowest BCUT2D eigenvalue weighted by atomic mass is 9.99. The van der Waals surface area contributed by atoms with Crippen molar-refractivity contribution in [3.63, 3.8) is 0 Å². The van der Waals surface area contributed by atoms with Gasteiger partial charge < -0.3 is 9.84 Å². The maximum Gasteiger partial charge on any atom is 0.271 e. The Labute approximate surface area is 206 Å². The molecule has 0 spiro atoms. The molecule has 3 rings (SSSR count). The molecule has 176 valence electrons. The number of hydrogen-bond donors (Lipinski definition) is 1. The maximum atomic E-state index is 13.0. The molecule has 1 amide bonds. The topological polar surface area (TPSA) is 113 Å². The highest BCUT2D eigenvalue weighted by atomic mass is 32.2. The number of pyridine rings is 1. The average molecular weight is 498 g/mol. The number of carbonyl (C=O) groups excluding carboxylic acids is 2. The number of ether oxygens (including phenoxy) is 1. The number of methoxy groups -OCH3 is 1. The van der Waals surface area contributed by atoms with Gasteiger partial charge in [0.25, 0.3) is 11.5 Å². The van der Waals surface area contributed by atoms with Crippen LogP contribution in [0.4, 0.5) is 0 Å². The third-order valence-electron chi connectivity index (χ3n) is 5.35. The Morgan fingerprint density at radius 3 is 2.62 bits per heavy atom. The van der Waals surface area contributed by atoms with Crippen LogP contribution in [0, 0.1) is 18.3 Å². The largest absolute Gasteiger partial charge is 0.494 e. The van der Waals surface area contributed by atoms with Gasteiger partial charge >= 0.3 is 0 Å². The number of benzene rings is 1. The molecular formula is C24H23N3O5S2. The van der Waals surface area contributed by atoms with E-state index < -0.39 is 17.2 Å². The van der Waals surface area contributed by atoms with Gasteiger partial charge in [0.05, 0.1) is 23.6 Å². The second kappa shape index (κ2) is 11.2. The summed E-state index contributed by atoms with van der Waals surface area (Å²) in [6.07, 6.45) is 2.07. The zero-order chi connectivity index (χ0) is 24.8. The third kappa shape index (κ3) is 5.28. The van der Waals surface area contributed by atoms with Crippen molar-refractivity contribution in [2.45, 2.75) is 26.3 Å². The first-order chi connectivity index (χ1) is 16.3. The van der Waals surface area contributed by atoms with Gasteiger partial charge in [-0.2, -0.15) is 5.26 Å². The fourth-order valence-corrected chi connectivity index (χ4v) is 4.90. The Morgan fingerprint density at radius 1 is 1.26 bits per heavy atom. The number of nitriles is 1. The van der Waals surface area contributed by atoms with E-state index in [9.17, 15) is 24.8 Å². The molecule has 0 aliphatic carbocycles. The molecule has 0 saturated carbocycles. The summed E-state index contributed by atoms with van der Waals surface area (Å²) < 4.78 is 6.34. The predicted octanol–water partition coefficient (Wildman–Crippen LogP) is 3.24. The summed E-state index contributed by atoms with van der Waals surface area (Å²) in [5, 5.41) is 20.0. The molecule has 34 heavy (non-hydrogen) atoms. The van der Waals surface area contributed by atoms with Gasteiger partial charge in [-0.3, -0.25) is 23.9 Å². The predicted molar refractivity (Wildman–Crippen MR) is 134 cm³/mol. The molecule has 1 N–H and O–H groups in total. The lowest BCUT2D eigenvalue weighted by molar-refractivity contribution is -0.122. The summed E-state index contributed by atoms with van der Waals surface area (Å²) in [6.45, 7) is 1.82. The molecule has 0 bridgehead atoms. The highest BCUT2D eigenvalue weighted by Gasteiger charge is 2.32. The van der Waals surface area contributed by atoms with Crippen LogP contribution in [0.5, 0.6) is 5.88 Å². The van der Waals surface area contributed by atoms with E-state index in [4.69, 9.17) is 17.0 Å². The van der Waals surface area contributed by atoms with Gasteiger partial charge in [-0.05, 0) is 30.5 Å². The first-order valence-corrected chi connectivity index (χ1v) is 11.7. The highest BCUT2D eigenvalue weighted by Crippen LogP contribution is 2.33. The van der Waals surface area contributed by atoms with E-state index in [1.165, 1.54) is 30.7 Å². The van der Waals surface area contributed by atoms with Gasteiger partial charge in [0.1, 0.15) is 16.0 Å². The van der Waals surface area contributed by atoms with E-state index in [2.05, 4.69) is 0 Å². The number of Topliss-reactive ketones (excluding diaryl/α,β-unsaturated/α-hetero) is 1. The Hall–Kier alpha value is -3.26. The van der Waals surface area contributed by atoms with Crippen LogP contribution in [0.25, 0.3) is 6.08 Å². The van der Waals surface area contributed by atoms with Crippen molar-refractivity contribution in [2.24, 2.45) is 0 Å². The zero-order valence-electron chi connectivity index (χ0n) is 18.7. The molecule has 0 radical (unpaired) electrons. The lowest BCUT2D eigenvalue weighted by Gasteiger charge is -2.16. The quantitative estimate of drug-likeness (QED) is 0.319. The molecule has 1 aliphatic heterocycles. The molecule has 1 fully saturated rings.